The molecule has 2 aliphatic rings. The van der Waals surface area contributed by atoms with E-state index in [-0.39, 0.29) is 0 Å². The Morgan fingerprint density at radius 1 is 0.951 bits per heavy atom. The highest BCUT2D eigenvalue weighted by Gasteiger charge is 2.38. The molecule has 41 heavy (non-hydrogen) atoms. The number of halogens is 1. The van der Waals surface area contributed by atoms with E-state index in [0.717, 1.165) is 27.7 Å². The molecule has 3 aromatic rings. The fraction of sp³-hybridized carbons (Fsp3) is 0.444. The number of nitrogens with one attached hydrogen (secondary N) is 2. The van der Waals surface area contributed by atoms with Crippen LogP contribution in [0.3, 0.4) is 0 Å². The highest BCUT2D eigenvalue weighted by molar-refractivity contribution is 8.00. The van der Waals surface area contributed by atoms with Crippen LogP contribution >= 0.6 is 36.2 Å². The minimum absolute atomic E-state index is 0.293. The monoisotopic (exact) mass is 610 g/mol. The summed E-state index contributed by atoms with van der Waals surface area (Å²) >= 11 is 11.9. The van der Waals surface area contributed by atoms with Crippen LogP contribution in [-0.2, 0) is 0 Å². The van der Waals surface area contributed by atoms with E-state index in [1.54, 1.807) is 18.2 Å². The fourth-order valence-electron chi connectivity index (χ4n) is 5.01. The highest BCUT2D eigenvalue weighted by Crippen LogP contribution is 2.51. The van der Waals surface area contributed by atoms with Crippen LogP contribution in [0, 0.1) is 19.8 Å². The third-order valence-corrected chi connectivity index (χ3v) is 8.98. The van der Waals surface area contributed by atoms with Gasteiger partial charge in [-0.3, -0.25) is 0 Å². The van der Waals surface area contributed by atoms with Crippen molar-refractivity contribution >= 4 is 47.6 Å². The van der Waals surface area contributed by atoms with Gasteiger partial charge in [-0.25, -0.2) is 0 Å². The summed E-state index contributed by atoms with van der Waals surface area (Å²) in [5.41, 5.74) is 8.92. The number of unbranched alkanes of at least 4 members (excludes halogenated alkanes) is 1. The van der Waals surface area contributed by atoms with Crippen molar-refractivity contribution in [2.24, 2.45) is 5.92 Å². The molecule has 0 spiro atoms. The maximum Gasteiger partial charge on any atom is 0.0580 e. The van der Waals surface area contributed by atoms with Gasteiger partial charge in [0.1, 0.15) is 0 Å². The second-order valence-electron chi connectivity index (χ2n) is 10.7. The van der Waals surface area contributed by atoms with Gasteiger partial charge < -0.3 is 10.0 Å². The van der Waals surface area contributed by atoms with Crippen molar-refractivity contribution in [2.75, 3.05) is 16.3 Å². The molecule has 0 fully saturated rings. The van der Waals surface area contributed by atoms with Gasteiger partial charge in [0.05, 0.1) is 11.1 Å². The molecular weight excluding hydrogens is 560 g/mol. The van der Waals surface area contributed by atoms with Crippen molar-refractivity contribution < 1.29 is 0 Å². The molecule has 224 valence electrons. The van der Waals surface area contributed by atoms with Gasteiger partial charge in [0.2, 0.25) is 0 Å². The number of benzene rings is 3. The maximum absolute atomic E-state index is 6.76. The Kier molecular flexibility index (Phi) is 15.3. The molecule has 5 heteroatoms. The molecular formula is C36H51ClN2S2. The van der Waals surface area contributed by atoms with Gasteiger partial charge in [-0.15, -0.1) is 0 Å². The standard InChI is InChI=1S/C29H31ClN2S.C4H10.C2H6.CH4S/c1-17(2)20-9-11-21(12-10-20)29-24-7-5-6-23(24)25-15-28(26(30)16-27(25)31-29)33-32-22-13-8-18(3)19(4)14-22;1-3-4-2;2*1-2/h5-6,8-17,23-24,29,31-32H,7H2,1-4H3;3-4H2,1-2H3;1-2H3;2H,1H3/t23?,24?,29-;;;/m0.../s1. The van der Waals surface area contributed by atoms with Crippen molar-refractivity contribution in [1.29, 1.82) is 0 Å². The summed E-state index contributed by atoms with van der Waals surface area (Å²) < 4.78 is 3.48. The Morgan fingerprint density at radius 2 is 1.61 bits per heavy atom. The lowest BCUT2D eigenvalue weighted by molar-refractivity contribution is 0.425. The fourth-order valence-corrected chi connectivity index (χ4v) is 5.99. The number of hydrogen-bond acceptors (Lipinski definition) is 4. The van der Waals surface area contributed by atoms with Gasteiger partial charge in [-0.05, 0) is 102 Å². The van der Waals surface area contributed by atoms with Gasteiger partial charge >= 0.3 is 0 Å². The molecule has 3 aromatic carbocycles. The first-order valence-electron chi connectivity index (χ1n) is 15.1. The van der Waals surface area contributed by atoms with Crippen LogP contribution in [0.5, 0.6) is 0 Å². The summed E-state index contributed by atoms with van der Waals surface area (Å²) in [7, 11) is 0. The predicted molar refractivity (Wildman–Crippen MR) is 191 cm³/mol. The van der Waals surface area contributed by atoms with Crippen LogP contribution in [0.25, 0.3) is 0 Å². The van der Waals surface area contributed by atoms with Crippen molar-refractivity contribution in [3.05, 3.63) is 99.6 Å². The molecule has 0 radical (unpaired) electrons. The molecule has 1 aliphatic carbocycles. The number of fused-ring (bicyclic) bond motifs is 3. The van der Waals surface area contributed by atoms with Gasteiger partial charge in [-0.2, -0.15) is 12.6 Å². The van der Waals surface area contributed by atoms with E-state index in [0.29, 0.717) is 23.8 Å². The molecule has 1 aliphatic heterocycles. The average Bonchev–Trinajstić information content (AvgIpc) is 3.50. The topological polar surface area (TPSA) is 24.1 Å². The van der Waals surface area contributed by atoms with Gasteiger partial charge in [0, 0.05) is 22.2 Å². The Bertz CT molecular complexity index is 1240. The normalized spacial score (nSPS) is 17.9. The van der Waals surface area contributed by atoms with Crippen LogP contribution in [-0.4, -0.2) is 6.26 Å². The van der Waals surface area contributed by atoms with Crippen molar-refractivity contribution in [3.8, 4) is 0 Å². The molecule has 0 amide bonds. The number of rotatable bonds is 6. The number of aryl methyl sites for hydroxylation is 2. The van der Waals surface area contributed by atoms with Crippen molar-refractivity contribution in [2.45, 2.75) is 97.4 Å². The van der Waals surface area contributed by atoms with Crippen LogP contribution in [0.4, 0.5) is 11.4 Å². The molecule has 1 heterocycles. The van der Waals surface area contributed by atoms with Gasteiger partial charge in [0.15, 0.2) is 0 Å². The second kappa shape index (κ2) is 17.8. The summed E-state index contributed by atoms with van der Waals surface area (Å²) in [5, 5.41) is 4.61. The lowest BCUT2D eigenvalue weighted by Gasteiger charge is -2.38. The molecule has 0 saturated carbocycles. The zero-order chi connectivity index (χ0) is 30.5. The first-order valence-corrected chi connectivity index (χ1v) is 17.2. The molecule has 0 aromatic heterocycles. The Balaban J connectivity index is 0.000000666. The molecule has 2 unspecified atom stereocenters. The van der Waals surface area contributed by atoms with Crippen LogP contribution in [0.15, 0.2) is 71.6 Å². The highest BCUT2D eigenvalue weighted by atomic mass is 35.5. The zero-order valence-electron chi connectivity index (χ0n) is 26.5. The molecule has 0 bridgehead atoms. The Labute approximate surface area is 265 Å². The smallest absolute Gasteiger partial charge is 0.0580 e. The molecule has 3 atom stereocenters. The largest absolute Gasteiger partial charge is 0.378 e. The van der Waals surface area contributed by atoms with E-state index in [2.05, 4.69) is 131 Å². The maximum atomic E-state index is 6.76. The summed E-state index contributed by atoms with van der Waals surface area (Å²) in [5.74, 6) is 1.48. The quantitative estimate of drug-likeness (QED) is 0.147. The first kappa shape index (κ1) is 35.2. The lowest BCUT2D eigenvalue weighted by atomic mass is 9.77. The second-order valence-corrected chi connectivity index (χ2v) is 11.9. The van der Waals surface area contributed by atoms with E-state index in [1.807, 2.05) is 13.8 Å². The summed E-state index contributed by atoms with van der Waals surface area (Å²) in [4.78, 5) is 1.06. The van der Waals surface area contributed by atoms with Crippen LogP contribution in [0.2, 0.25) is 5.02 Å². The third-order valence-electron chi connectivity index (χ3n) is 7.66. The SMILES string of the molecule is CC.CCCC.CS.Cc1ccc(NSc2cc3c(cc2Cl)N[C@@H](c2ccc(C(C)C)cc2)C2CC=CC32)cc1C. The van der Waals surface area contributed by atoms with Gasteiger partial charge in [-0.1, -0.05) is 108 Å². The van der Waals surface area contributed by atoms with Crippen LogP contribution in [0.1, 0.15) is 106 Å². The molecule has 2 N–H and O–H groups in total. The predicted octanol–water partition coefficient (Wildman–Crippen LogP) is 12.4. The summed E-state index contributed by atoms with van der Waals surface area (Å²) in [6.45, 7) is 17.1. The number of anilines is 2. The molecule has 5 rings (SSSR count). The van der Waals surface area contributed by atoms with Gasteiger partial charge in [0.25, 0.3) is 0 Å². The van der Waals surface area contributed by atoms with Crippen LogP contribution < -0.4 is 10.0 Å². The number of hydrogen-bond donors (Lipinski definition) is 3. The molecule has 0 saturated heterocycles. The van der Waals surface area contributed by atoms with E-state index in [4.69, 9.17) is 11.6 Å². The lowest BCUT2D eigenvalue weighted by Crippen LogP contribution is -2.29. The van der Waals surface area contributed by atoms with E-state index >= 15 is 0 Å². The molecule has 2 nitrogen and oxygen atoms in total. The minimum atomic E-state index is 0.293. The summed E-state index contributed by atoms with van der Waals surface area (Å²) in [6, 6.07) is 20.3. The van der Waals surface area contributed by atoms with Crippen molar-refractivity contribution in [3.63, 3.8) is 0 Å². The Morgan fingerprint density at radius 3 is 2.20 bits per heavy atom. The van der Waals surface area contributed by atoms with E-state index < -0.39 is 0 Å². The number of allylic oxidation sites excluding steroid dienone is 2. The van der Waals surface area contributed by atoms with Crippen molar-refractivity contribution in [1.82, 2.24) is 0 Å². The Hall–Kier alpha value is -2.01. The third kappa shape index (κ3) is 9.24. The van der Waals surface area contributed by atoms with E-state index in [9.17, 15) is 0 Å². The first-order chi connectivity index (χ1) is 19.8. The summed E-state index contributed by atoms with van der Waals surface area (Å²) in [6.07, 6.45) is 10.2. The zero-order valence-corrected chi connectivity index (χ0v) is 29.0. The number of thiol groups is 1. The average molecular weight is 611 g/mol. The minimum Gasteiger partial charge on any atom is -0.378 e. The van der Waals surface area contributed by atoms with E-state index in [1.165, 1.54) is 40.7 Å².